The highest BCUT2D eigenvalue weighted by atomic mass is 16.7. The van der Waals surface area contributed by atoms with Crippen molar-refractivity contribution in [1.82, 2.24) is 25.7 Å². The maximum atomic E-state index is 11.7. The van der Waals surface area contributed by atoms with Crippen molar-refractivity contribution < 1.29 is 14.0 Å². The van der Waals surface area contributed by atoms with Gasteiger partial charge >= 0.3 is 0 Å². The third-order valence-electron chi connectivity index (χ3n) is 3.12. The highest BCUT2D eigenvalue weighted by molar-refractivity contribution is 5.74. The van der Waals surface area contributed by atoms with E-state index in [0.717, 1.165) is 25.7 Å². The molecule has 1 amide bonds. The van der Waals surface area contributed by atoms with Crippen LogP contribution in [0.4, 0.5) is 0 Å². The highest BCUT2D eigenvalue weighted by Crippen LogP contribution is 2.19. The van der Waals surface area contributed by atoms with Crippen LogP contribution in [0.1, 0.15) is 25.7 Å². The molecule has 1 N–H and O–H groups in total. The quantitative estimate of drug-likeness (QED) is 0.817. The zero-order valence-electron chi connectivity index (χ0n) is 10.9. The molecule has 1 aliphatic rings. The molecular formula is C12H15N5O3. The Morgan fingerprint density at radius 1 is 1.50 bits per heavy atom. The second-order valence-corrected chi connectivity index (χ2v) is 4.67. The van der Waals surface area contributed by atoms with Gasteiger partial charge in [0.15, 0.2) is 5.76 Å². The SMILES string of the molecule is O=C(Cn1nnc(-c2ccco2)n1)NOC1CCCC1. The van der Waals surface area contributed by atoms with Gasteiger partial charge in [-0.3, -0.25) is 9.63 Å². The van der Waals surface area contributed by atoms with Gasteiger partial charge in [-0.1, -0.05) is 12.8 Å². The number of hydrogen-bond acceptors (Lipinski definition) is 6. The average molecular weight is 277 g/mol. The molecule has 0 radical (unpaired) electrons. The van der Waals surface area contributed by atoms with E-state index in [9.17, 15) is 4.79 Å². The largest absolute Gasteiger partial charge is 0.461 e. The van der Waals surface area contributed by atoms with Crippen LogP contribution in [0.25, 0.3) is 11.6 Å². The molecule has 8 heteroatoms. The first-order valence-corrected chi connectivity index (χ1v) is 6.57. The molecule has 0 aromatic carbocycles. The monoisotopic (exact) mass is 277 g/mol. The summed E-state index contributed by atoms with van der Waals surface area (Å²) in [6.45, 7) is -0.0412. The Morgan fingerprint density at radius 3 is 3.10 bits per heavy atom. The van der Waals surface area contributed by atoms with Crippen LogP contribution in [0.3, 0.4) is 0 Å². The Labute approximate surface area is 115 Å². The van der Waals surface area contributed by atoms with E-state index in [1.807, 2.05) is 0 Å². The summed E-state index contributed by atoms with van der Waals surface area (Å²) in [6.07, 6.45) is 5.93. The van der Waals surface area contributed by atoms with Crippen LogP contribution in [-0.4, -0.2) is 32.2 Å². The Hall–Kier alpha value is -2.22. The van der Waals surface area contributed by atoms with Gasteiger partial charge in [-0.2, -0.15) is 4.80 Å². The molecule has 0 aliphatic heterocycles. The average Bonchev–Trinajstić information content (AvgIpc) is 3.18. The molecule has 1 aliphatic carbocycles. The summed E-state index contributed by atoms with van der Waals surface area (Å²) >= 11 is 0. The molecule has 2 aromatic rings. The molecule has 0 spiro atoms. The van der Waals surface area contributed by atoms with Gasteiger partial charge in [0.2, 0.25) is 5.82 Å². The number of nitrogens with one attached hydrogen (secondary N) is 1. The first-order chi connectivity index (χ1) is 9.81. The van der Waals surface area contributed by atoms with Gasteiger partial charge in [0, 0.05) is 0 Å². The van der Waals surface area contributed by atoms with Gasteiger partial charge in [-0.05, 0) is 30.2 Å². The van der Waals surface area contributed by atoms with Crippen LogP contribution < -0.4 is 5.48 Å². The van der Waals surface area contributed by atoms with Crippen LogP contribution in [0.15, 0.2) is 22.8 Å². The Morgan fingerprint density at radius 2 is 2.35 bits per heavy atom. The van der Waals surface area contributed by atoms with Crippen LogP contribution in [0.2, 0.25) is 0 Å². The number of aromatic nitrogens is 4. The lowest BCUT2D eigenvalue weighted by molar-refractivity contribution is -0.139. The highest BCUT2D eigenvalue weighted by Gasteiger charge is 2.17. The summed E-state index contributed by atoms with van der Waals surface area (Å²) in [6, 6.07) is 3.46. The second kappa shape index (κ2) is 5.83. The van der Waals surface area contributed by atoms with Gasteiger partial charge in [0.25, 0.3) is 5.91 Å². The molecule has 1 fully saturated rings. The summed E-state index contributed by atoms with van der Waals surface area (Å²) in [5, 5.41) is 11.7. The standard InChI is InChI=1S/C12H15N5O3/c18-11(15-20-9-4-1-2-5-9)8-17-14-12(13-16-17)10-6-3-7-19-10/h3,6-7,9H,1-2,4-5,8H2,(H,15,18). The number of furan rings is 1. The van der Waals surface area contributed by atoms with Gasteiger partial charge in [-0.25, -0.2) is 5.48 Å². The van der Waals surface area contributed by atoms with E-state index in [4.69, 9.17) is 9.25 Å². The molecule has 106 valence electrons. The van der Waals surface area contributed by atoms with E-state index in [2.05, 4.69) is 20.9 Å². The molecule has 2 aromatic heterocycles. The predicted molar refractivity (Wildman–Crippen MR) is 67.0 cm³/mol. The van der Waals surface area contributed by atoms with Crippen molar-refractivity contribution >= 4 is 5.91 Å². The first-order valence-electron chi connectivity index (χ1n) is 6.57. The van der Waals surface area contributed by atoms with Crippen molar-refractivity contribution in [3.05, 3.63) is 18.4 Å². The maximum absolute atomic E-state index is 11.7. The van der Waals surface area contributed by atoms with E-state index in [-0.39, 0.29) is 18.6 Å². The van der Waals surface area contributed by atoms with Crippen LogP contribution >= 0.6 is 0 Å². The second-order valence-electron chi connectivity index (χ2n) is 4.67. The summed E-state index contributed by atoms with van der Waals surface area (Å²) in [7, 11) is 0. The smallest absolute Gasteiger partial charge is 0.267 e. The lowest BCUT2D eigenvalue weighted by Gasteiger charge is -2.10. The summed E-state index contributed by atoms with van der Waals surface area (Å²) < 4.78 is 5.15. The van der Waals surface area contributed by atoms with E-state index < -0.39 is 0 Å². The van der Waals surface area contributed by atoms with E-state index in [1.54, 1.807) is 12.1 Å². The molecule has 1 saturated carbocycles. The molecule has 0 unspecified atom stereocenters. The fourth-order valence-corrected chi connectivity index (χ4v) is 2.13. The number of nitrogens with zero attached hydrogens (tertiary/aromatic N) is 4. The fourth-order valence-electron chi connectivity index (χ4n) is 2.13. The van der Waals surface area contributed by atoms with Crippen molar-refractivity contribution in [2.24, 2.45) is 0 Å². The molecule has 0 bridgehead atoms. The first kappa shape index (κ1) is 12.8. The van der Waals surface area contributed by atoms with E-state index in [1.165, 1.54) is 11.1 Å². The number of amides is 1. The van der Waals surface area contributed by atoms with E-state index in [0.29, 0.717) is 11.6 Å². The maximum Gasteiger partial charge on any atom is 0.267 e. The molecule has 3 rings (SSSR count). The van der Waals surface area contributed by atoms with Crippen LogP contribution in [0, 0.1) is 0 Å². The van der Waals surface area contributed by atoms with Crippen LogP contribution in [-0.2, 0) is 16.2 Å². The normalized spacial score (nSPS) is 15.6. The Kier molecular flexibility index (Phi) is 3.73. The van der Waals surface area contributed by atoms with Crippen molar-refractivity contribution in [2.75, 3.05) is 0 Å². The minimum atomic E-state index is -0.305. The van der Waals surface area contributed by atoms with Crippen molar-refractivity contribution in [3.63, 3.8) is 0 Å². The molecule has 0 atom stereocenters. The molecule has 8 nitrogen and oxygen atoms in total. The van der Waals surface area contributed by atoms with Gasteiger partial charge in [0.1, 0.15) is 6.54 Å². The molecule has 2 heterocycles. The van der Waals surface area contributed by atoms with Crippen molar-refractivity contribution in [2.45, 2.75) is 38.3 Å². The third kappa shape index (κ3) is 3.02. The lowest BCUT2D eigenvalue weighted by Crippen LogP contribution is -2.31. The molecule has 0 saturated heterocycles. The molecular weight excluding hydrogens is 262 g/mol. The zero-order chi connectivity index (χ0) is 13.8. The van der Waals surface area contributed by atoms with Crippen molar-refractivity contribution in [1.29, 1.82) is 0 Å². The van der Waals surface area contributed by atoms with Crippen LogP contribution in [0.5, 0.6) is 0 Å². The minimum Gasteiger partial charge on any atom is -0.461 e. The minimum absolute atomic E-state index is 0.0412. The van der Waals surface area contributed by atoms with Gasteiger partial charge < -0.3 is 4.42 Å². The lowest BCUT2D eigenvalue weighted by atomic mass is 10.3. The fraction of sp³-hybridized carbons (Fsp3) is 0.500. The van der Waals surface area contributed by atoms with Gasteiger partial charge in [-0.15, -0.1) is 10.2 Å². The number of hydrogen-bond donors (Lipinski definition) is 1. The summed E-state index contributed by atoms with van der Waals surface area (Å²) in [5.74, 6) is 0.554. The number of carbonyl (C=O) groups excluding carboxylic acids is 1. The number of tetrazole rings is 1. The van der Waals surface area contributed by atoms with Crippen molar-refractivity contribution in [3.8, 4) is 11.6 Å². The molecule has 20 heavy (non-hydrogen) atoms. The Bertz CT molecular complexity index is 559. The predicted octanol–water partition coefficient (Wildman–Crippen LogP) is 0.923. The third-order valence-corrected chi connectivity index (χ3v) is 3.12. The van der Waals surface area contributed by atoms with E-state index >= 15 is 0 Å². The number of rotatable bonds is 5. The number of carbonyl (C=O) groups is 1. The summed E-state index contributed by atoms with van der Waals surface area (Å²) in [5.41, 5.74) is 2.43. The van der Waals surface area contributed by atoms with Gasteiger partial charge in [0.05, 0.1) is 12.4 Å². The summed E-state index contributed by atoms with van der Waals surface area (Å²) in [4.78, 5) is 18.2. The number of hydroxylamine groups is 1. The topological polar surface area (TPSA) is 95.1 Å². The Balaban J connectivity index is 1.51. The zero-order valence-corrected chi connectivity index (χ0v) is 10.9.